The normalized spacial score (nSPS) is 21.9. The topological polar surface area (TPSA) is 67.4 Å². The lowest BCUT2D eigenvalue weighted by Gasteiger charge is -2.24. The highest BCUT2D eigenvalue weighted by Gasteiger charge is 2.42. The van der Waals surface area contributed by atoms with Crippen LogP contribution in [0.3, 0.4) is 0 Å². The molecule has 2 N–H and O–H groups in total. The van der Waals surface area contributed by atoms with Gasteiger partial charge < -0.3 is 15.4 Å². The number of carbonyl (C=O) groups excluding carboxylic acids is 2. The molecule has 1 aliphatic heterocycles. The molecule has 1 saturated heterocycles. The van der Waals surface area contributed by atoms with E-state index in [1.54, 1.807) is 26.0 Å². The second-order valence-electron chi connectivity index (χ2n) is 6.07. The van der Waals surface area contributed by atoms with Crippen LogP contribution in [-0.2, 0) is 14.3 Å². The Hall–Kier alpha value is -1.95. The zero-order valence-electron chi connectivity index (χ0n) is 13.5. The van der Waals surface area contributed by atoms with Gasteiger partial charge in [-0.3, -0.25) is 9.59 Å². The van der Waals surface area contributed by atoms with Crippen molar-refractivity contribution in [3.8, 4) is 0 Å². The molecule has 1 aromatic rings. The zero-order chi connectivity index (χ0) is 16.9. The summed E-state index contributed by atoms with van der Waals surface area (Å²) in [6.45, 7) is 3.98. The van der Waals surface area contributed by atoms with Crippen LogP contribution in [0.4, 0.5) is 4.39 Å². The smallest absolute Gasteiger partial charge is 0.308 e. The van der Waals surface area contributed by atoms with Gasteiger partial charge in [-0.15, -0.1) is 0 Å². The molecular formula is C17H23FN2O3. The van der Waals surface area contributed by atoms with Gasteiger partial charge in [0.05, 0.1) is 18.6 Å². The van der Waals surface area contributed by atoms with Crippen molar-refractivity contribution in [2.75, 3.05) is 13.1 Å². The number of nitrogens with one attached hydrogen (secondary N) is 2. The summed E-state index contributed by atoms with van der Waals surface area (Å²) in [4.78, 5) is 24.2. The lowest BCUT2D eigenvalue weighted by Crippen LogP contribution is -2.46. The molecule has 0 saturated carbocycles. The first-order valence-corrected chi connectivity index (χ1v) is 7.86. The van der Waals surface area contributed by atoms with E-state index < -0.39 is 23.6 Å². The quantitative estimate of drug-likeness (QED) is 0.785. The number of hydrogen-bond donors (Lipinski definition) is 2. The molecule has 1 aliphatic rings. The highest BCUT2D eigenvalue weighted by Crippen LogP contribution is 2.24. The molecule has 1 fully saturated rings. The lowest BCUT2D eigenvalue weighted by atomic mass is 10.00. The van der Waals surface area contributed by atoms with Gasteiger partial charge in [-0.25, -0.2) is 4.39 Å². The van der Waals surface area contributed by atoms with Gasteiger partial charge in [0, 0.05) is 13.0 Å². The fourth-order valence-electron chi connectivity index (χ4n) is 2.56. The van der Waals surface area contributed by atoms with Crippen molar-refractivity contribution in [2.45, 2.75) is 44.5 Å². The fraction of sp³-hybridized carbons (Fsp3) is 0.529. The predicted octanol–water partition coefficient (Wildman–Crippen LogP) is 1.89. The zero-order valence-corrected chi connectivity index (χ0v) is 13.5. The maximum atomic E-state index is 14.5. The van der Waals surface area contributed by atoms with Gasteiger partial charge in [-0.05, 0) is 26.0 Å². The van der Waals surface area contributed by atoms with E-state index in [-0.39, 0.29) is 25.5 Å². The average Bonchev–Trinajstić information content (AvgIpc) is 2.95. The molecule has 0 radical (unpaired) electrons. The van der Waals surface area contributed by atoms with Crippen LogP contribution in [0.1, 0.15) is 38.3 Å². The number of carbonyl (C=O) groups is 2. The van der Waals surface area contributed by atoms with Gasteiger partial charge in [0.1, 0.15) is 0 Å². The first-order chi connectivity index (χ1) is 10.9. The van der Waals surface area contributed by atoms with Gasteiger partial charge >= 0.3 is 5.97 Å². The lowest BCUT2D eigenvalue weighted by molar-refractivity contribution is -0.148. The number of rotatable bonds is 6. The Kier molecular flexibility index (Phi) is 5.71. The third-order valence-corrected chi connectivity index (χ3v) is 3.76. The number of hydrogen-bond acceptors (Lipinski definition) is 4. The molecule has 2 unspecified atom stereocenters. The Bertz CT molecular complexity index is 542. The number of alkyl halides is 1. The monoisotopic (exact) mass is 322 g/mol. The summed E-state index contributed by atoms with van der Waals surface area (Å²) in [6.07, 6.45) is -0.130. The van der Waals surface area contributed by atoms with Crippen molar-refractivity contribution in [1.82, 2.24) is 10.6 Å². The molecule has 23 heavy (non-hydrogen) atoms. The first kappa shape index (κ1) is 17.4. The summed E-state index contributed by atoms with van der Waals surface area (Å²) in [6, 6.07) is 8.45. The Balaban J connectivity index is 2.10. The highest BCUT2D eigenvalue weighted by atomic mass is 19.1. The third kappa shape index (κ3) is 4.76. The summed E-state index contributed by atoms with van der Waals surface area (Å²) in [5, 5.41) is 5.51. The van der Waals surface area contributed by atoms with E-state index in [4.69, 9.17) is 4.74 Å². The summed E-state index contributed by atoms with van der Waals surface area (Å²) in [5.41, 5.74) is -1.18. The summed E-state index contributed by atoms with van der Waals surface area (Å²) >= 11 is 0. The third-order valence-electron chi connectivity index (χ3n) is 3.76. The molecule has 2 atom stereocenters. The van der Waals surface area contributed by atoms with E-state index in [2.05, 4.69) is 10.6 Å². The number of ether oxygens (including phenoxy) is 1. The molecule has 0 aliphatic carbocycles. The Labute approximate surface area is 135 Å². The summed E-state index contributed by atoms with van der Waals surface area (Å²) in [5.74, 6) is -1.11. The SMILES string of the molecule is CC(C)OC(=O)CC(NC(=O)C1(F)CCNC1)c1ccccc1. The fourth-order valence-corrected chi connectivity index (χ4v) is 2.56. The second-order valence-corrected chi connectivity index (χ2v) is 6.07. The Morgan fingerprint density at radius 2 is 2.04 bits per heavy atom. The minimum absolute atomic E-state index is 0.00319. The van der Waals surface area contributed by atoms with Gasteiger partial charge in [0.25, 0.3) is 5.91 Å². The maximum absolute atomic E-state index is 14.5. The number of halogens is 1. The van der Waals surface area contributed by atoms with Crippen LogP contribution < -0.4 is 10.6 Å². The molecule has 1 heterocycles. The standard InChI is InChI=1S/C17H23FN2O3/c1-12(2)23-15(21)10-14(13-6-4-3-5-7-13)20-16(22)17(18)8-9-19-11-17/h3-7,12,14,19H,8-11H2,1-2H3,(H,20,22). The van der Waals surface area contributed by atoms with Gasteiger partial charge in [-0.2, -0.15) is 0 Å². The van der Waals surface area contributed by atoms with E-state index in [9.17, 15) is 14.0 Å². The summed E-state index contributed by atoms with van der Waals surface area (Å²) in [7, 11) is 0. The van der Waals surface area contributed by atoms with Crippen LogP contribution >= 0.6 is 0 Å². The van der Waals surface area contributed by atoms with E-state index >= 15 is 0 Å². The predicted molar refractivity (Wildman–Crippen MR) is 84.5 cm³/mol. The van der Waals surface area contributed by atoms with E-state index in [0.29, 0.717) is 6.54 Å². The molecule has 5 nitrogen and oxygen atoms in total. The van der Waals surface area contributed by atoms with E-state index in [1.807, 2.05) is 18.2 Å². The molecule has 1 aromatic carbocycles. The van der Waals surface area contributed by atoms with Crippen molar-refractivity contribution in [1.29, 1.82) is 0 Å². The molecule has 0 bridgehead atoms. The first-order valence-electron chi connectivity index (χ1n) is 7.86. The van der Waals surface area contributed by atoms with Gasteiger partial charge in [-0.1, -0.05) is 30.3 Å². The molecule has 0 aromatic heterocycles. The number of amides is 1. The maximum Gasteiger partial charge on any atom is 0.308 e. The van der Waals surface area contributed by atoms with Crippen LogP contribution in [0.2, 0.25) is 0 Å². The number of benzene rings is 1. The van der Waals surface area contributed by atoms with Gasteiger partial charge in [0.15, 0.2) is 0 Å². The van der Waals surface area contributed by atoms with Crippen molar-refractivity contribution >= 4 is 11.9 Å². The highest BCUT2D eigenvalue weighted by molar-refractivity contribution is 5.86. The van der Waals surface area contributed by atoms with Crippen LogP contribution in [0.25, 0.3) is 0 Å². The minimum Gasteiger partial charge on any atom is -0.463 e. The molecule has 0 spiro atoms. The Morgan fingerprint density at radius 3 is 2.61 bits per heavy atom. The number of esters is 1. The molecular weight excluding hydrogens is 299 g/mol. The summed E-state index contributed by atoms with van der Waals surface area (Å²) < 4.78 is 19.7. The molecule has 6 heteroatoms. The molecule has 126 valence electrons. The van der Waals surface area contributed by atoms with Crippen LogP contribution in [0.5, 0.6) is 0 Å². The Morgan fingerprint density at radius 1 is 1.35 bits per heavy atom. The van der Waals surface area contributed by atoms with Crippen molar-refractivity contribution in [3.63, 3.8) is 0 Å². The molecule has 2 rings (SSSR count). The van der Waals surface area contributed by atoms with Crippen molar-refractivity contribution < 1.29 is 18.7 Å². The van der Waals surface area contributed by atoms with Crippen LogP contribution in [0.15, 0.2) is 30.3 Å². The van der Waals surface area contributed by atoms with Crippen molar-refractivity contribution in [2.24, 2.45) is 0 Å². The second kappa shape index (κ2) is 7.55. The average molecular weight is 322 g/mol. The largest absolute Gasteiger partial charge is 0.463 e. The molecule has 1 amide bonds. The van der Waals surface area contributed by atoms with E-state index in [0.717, 1.165) is 5.56 Å². The van der Waals surface area contributed by atoms with Crippen molar-refractivity contribution in [3.05, 3.63) is 35.9 Å². The van der Waals surface area contributed by atoms with Gasteiger partial charge in [0.2, 0.25) is 5.67 Å². The van der Waals surface area contributed by atoms with Crippen LogP contribution in [-0.4, -0.2) is 36.7 Å². The minimum atomic E-state index is -1.92. The van der Waals surface area contributed by atoms with Crippen LogP contribution in [0, 0.1) is 0 Å². The van der Waals surface area contributed by atoms with E-state index in [1.165, 1.54) is 0 Å².